The zero-order chi connectivity index (χ0) is 13.7. The third kappa shape index (κ3) is 3.58. The van der Waals surface area contributed by atoms with Crippen molar-refractivity contribution in [1.82, 2.24) is 0 Å². The maximum Gasteiger partial charge on any atom is 0.118 e. The van der Waals surface area contributed by atoms with Crippen molar-refractivity contribution in [3.8, 4) is 5.75 Å². The Balaban J connectivity index is 2.04. The van der Waals surface area contributed by atoms with E-state index in [1.807, 2.05) is 30.3 Å². The molecule has 2 aromatic carbocycles. The molecule has 0 saturated carbocycles. The van der Waals surface area contributed by atoms with E-state index in [9.17, 15) is 0 Å². The van der Waals surface area contributed by atoms with Crippen LogP contribution in [0.5, 0.6) is 5.75 Å². The van der Waals surface area contributed by atoms with Gasteiger partial charge in [-0.3, -0.25) is 0 Å². The molecule has 2 rings (SSSR count). The van der Waals surface area contributed by atoms with Crippen LogP contribution in [0.3, 0.4) is 0 Å². The first kappa shape index (κ1) is 13.6. The van der Waals surface area contributed by atoms with E-state index in [-0.39, 0.29) is 5.54 Å². The second-order valence-corrected chi connectivity index (χ2v) is 5.13. The van der Waals surface area contributed by atoms with Crippen molar-refractivity contribution in [2.24, 2.45) is 5.73 Å². The van der Waals surface area contributed by atoms with Gasteiger partial charge in [-0.15, -0.1) is 0 Å². The number of methoxy groups -OCH3 is 1. The Morgan fingerprint density at radius 2 is 1.63 bits per heavy atom. The van der Waals surface area contributed by atoms with E-state index < -0.39 is 0 Å². The molecule has 0 radical (unpaired) electrons. The first-order valence-corrected chi connectivity index (χ1v) is 6.59. The Bertz CT molecular complexity index is 503. The molecule has 0 spiro atoms. The van der Waals surface area contributed by atoms with Crippen molar-refractivity contribution in [3.63, 3.8) is 0 Å². The van der Waals surface area contributed by atoms with Crippen LogP contribution in [0, 0.1) is 0 Å². The van der Waals surface area contributed by atoms with E-state index in [1.165, 1.54) is 5.56 Å². The van der Waals surface area contributed by atoms with Crippen molar-refractivity contribution in [3.05, 3.63) is 65.7 Å². The fraction of sp³-hybridized carbons (Fsp3) is 0.294. The third-order valence-corrected chi connectivity index (χ3v) is 3.53. The average molecular weight is 255 g/mol. The van der Waals surface area contributed by atoms with Gasteiger partial charge in [0.2, 0.25) is 0 Å². The molecule has 0 bridgehead atoms. The van der Waals surface area contributed by atoms with Crippen molar-refractivity contribution < 1.29 is 4.74 Å². The lowest BCUT2D eigenvalue weighted by Gasteiger charge is -2.25. The molecule has 2 N–H and O–H groups in total. The van der Waals surface area contributed by atoms with Crippen LogP contribution >= 0.6 is 0 Å². The molecule has 100 valence electrons. The molecule has 0 amide bonds. The van der Waals surface area contributed by atoms with Crippen LogP contribution in [-0.4, -0.2) is 7.11 Å². The van der Waals surface area contributed by atoms with Crippen LogP contribution in [0.2, 0.25) is 0 Å². The summed E-state index contributed by atoms with van der Waals surface area (Å²) in [6.45, 7) is 2.08. The smallest absolute Gasteiger partial charge is 0.118 e. The molecular weight excluding hydrogens is 234 g/mol. The predicted octanol–water partition coefficient (Wildman–Crippen LogP) is 3.50. The molecule has 0 heterocycles. The number of benzene rings is 2. The van der Waals surface area contributed by atoms with E-state index in [0.29, 0.717) is 0 Å². The molecule has 0 fully saturated rings. The summed E-state index contributed by atoms with van der Waals surface area (Å²) in [5.41, 5.74) is 8.59. The second-order valence-electron chi connectivity index (χ2n) is 5.13. The monoisotopic (exact) mass is 255 g/mol. The Hall–Kier alpha value is -1.80. The van der Waals surface area contributed by atoms with E-state index in [0.717, 1.165) is 24.2 Å². The van der Waals surface area contributed by atoms with Crippen LogP contribution in [0.15, 0.2) is 54.6 Å². The van der Waals surface area contributed by atoms with E-state index >= 15 is 0 Å². The fourth-order valence-corrected chi connectivity index (χ4v) is 2.16. The SMILES string of the molecule is COc1ccc(C(C)(N)CCc2ccccc2)cc1. The van der Waals surface area contributed by atoms with Crippen molar-refractivity contribution in [2.45, 2.75) is 25.3 Å². The highest BCUT2D eigenvalue weighted by atomic mass is 16.5. The quantitative estimate of drug-likeness (QED) is 0.887. The summed E-state index contributed by atoms with van der Waals surface area (Å²) in [4.78, 5) is 0. The fourth-order valence-electron chi connectivity index (χ4n) is 2.16. The van der Waals surface area contributed by atoms with Crippen LogP contribution in [0.4, 0.5) is 0 Å². The lowest BCUT2D eigenvalue weighted by atomic mass is 9.87. The highest BCUT2D eigenvalue weighted by molar-refractivity contribution is 5.31. The predicted molar refractivity (Wildman–Crippen MR) is 79.3 cm³/mol. The third-order valence-electron chi connectivity index (χ3n) is 3.53. The average Bonchev–Trinajstić information content (AvgIpc) is 2.46. The maximum atomic E-state index is 6.44. The molecule has 2 heteroatoms. The standard InChI is InChI=1S/C17H21NO/c1-17(18,13-12-14-6-4-3-5-7-14)15-8-10-16(19-2)11-9-15/h3-11H,12-13,18H2,1-2H3. The number of aryl methyl sites for hydroxylation is 1. The zero-order valence-corrected chi connectivity index (χ0v) is 11.6. The largest absolute Gasteiger partial charge is 0.497 e. The number of ether oxygens (including phenoxy) is 1. The van der Waals surface area contributed by atoms with E-state index in [2.05, 4.69) is 31.2 Å². The highest BCUT2D eigenvalue weighted by Crippen LogP contribution is 2.25. The molecule has 1 unspecified atom stereocenters. The van der Waals surface area contributed by atoms with Gasteiger partial charge in [0.1, 0.15) is 5.75 Å². The van der Waals surface area contributed by atoms with Crippen molar-refractivity contribution in [2.75, 3.05) is 7.11 Å². The van der Waals surface area contributed by atoms with Crippen LogP contribution in [-0.2, 0) is 12.0 Å². The number of hydrogen-bond donors (Lipinski definition) is 1. The summed E-state index contributed by atoms with van der Waals surface area (Å²) in [7, 11) is 1.67. The first-order valence-electron chi connectivity index (χ1n) is 6.59. The number of rotatable bonds is 5. The molecule has 2 nitrogen and oxygen atoms in total. The lowest BCUT2D eigenvalue weighted by molar-refractivity contribution is 0.412. The van der Waals surface area contributed by atoms with E-state index in [4.69, 9.17) is 10.5 Å². The Morgan fingerprint density at radius 1 is 1.00 bits per heavy atom. The topological polar surface area (TPSA) is 35.2 Å². The Morgan fingerprint density at radius 3 is 2.21 bits per heavy atom. The molecule has 0 aliphatic carbocycles. The normalized spacial score (nSPS) is 13.8. The molecule has 0 aliphatic rings. The van der Waals surface area contributed by atoms with Gasteiger partial charge < -0.3 is 10.5 Å². The van der Waals surface area contributed by atoms with Gasteiger partial charge in [-0.05, 0) is 43.0 Å². The summed E-state index contributed by atoms with van der Waals surface area (Å²) in [5.74, 6) is 0.864. The molecule has 1 atom stereocenters. The summed E-state index contributed by atoms with van der Waals surface area (Å²) >= 11 is 0. The van der Waals surface area contributed by atoms with Gasteiger partial charge in [-0.1, -0.05) is 42.5 Å². The van der Waals surface area contributed by atoms with Crippen LogP contribution in [0.25, 0.3) is 0 Å². The minimum atomic E-state index is -0.317. The lowest BCUT2D eigenvalue weighted by Crippen LogP contribution is -2.33. The minimum absolute atomic E-state index is 0.317. The zero-order valence-electron chi connectivity index (χ0n) is 11.6. The molecule has 0 aromatic heterocycles. The maximum absolute atomic E-state index is 6.44. The summed E-state index contributed by atoms with van der Waals surface area (Å²) < 4.78 is 5.17. The Kier molecular flexibility index (Phi) is 4.23. The van der Waals surface area contributed by atoms with E-state index in [1.54, 1.807) is 7.11 Å². The molecular formula is C17H21NO. The molecule has 2 aromatic rings. The summed E-state index contributed by atoms with van der Waals surface area (Å²) in [6.07, 6.45) is 1.91. The second kappa shape index (κ2) is 5.89. The van der Waals surface area contributed by atoms with Crippen LogP contribution in [0.1, 0.15) is 24.5 Å². The van der Waals surface area contributed by atoms with Gasteiger partial charge >= 0.3 is 0 Å². The first-order chi connectivity index (χ1) is 9.12. The molecule has 0 aliphatic heterocycles. The molecule has 19 heavy (non-hydrogen) atoms. The van der Waals surface area contributed by atoms with Gasteiger partial charge in [-0.25, -0.2) is 0 Å². The van der Waals surface area contributed by atoms with Gasteiger partial charge in [0, 0.05) is 5.54 Å². The summed E-state index contributed by atoms with van der Waals surface area (Å²) in [5, 5.41) is 0. The molecule has 0 saturated heterocycles. The highest BCUT2D eigenvalue weighted by Gasteiger charge is 2.20. The number of nitrogens with two attached hydrogens (primary N) is 1. The Labute approximate surface area is 115 Å². The summed E-state index contributed by atoms with van der Waals surface area (Å²) in [6, 6.07) is 18.5. The van der Waals surface area contributed by atoms with Gasteiger partial charge in [-0.2, -0.15) is 0 Å². The van der Waals surface area contributed by atoms with Crippen molar-refractivity contribution >= 4 is 0 Å². The van der Waals surface area contributed by atoms with Gasteiger partial charge in [0.15, 0.2) is 0 Å². The number of hydrogen-bond acceptors (Lipinski definition) is 2. The van der Waals surface area contributed by atoms with Gasteiger partial charge in [0.25, 0.3) is 0 Å². The minimum Gasteiger partial charge on any atom is -0.497 e. The van der Waals surface area contributed by atoms with Crippen molar-refractivity contribution in [1.29, 1.82) is 0 Å². The van der Waals surface area contributed by atoms with Gasteiger partial charge in [0.05, 0.1) is 7.11 Å². The van der Waals surface area contributed by atoms with Crippen LogP contribution < -0.4 is 10.5 Å².